The molecule has 186 valence electrons. The molecule has 0 aliphatic carbocycles. The molecular weight excluding hydrogens is 466 g/mol. The fourth-order valence-electron chi connectivity index (χ4n) is 3.10. The van der Waals surface area contributed by atoms with Crippen LogP contribution in [0.3, 0.4) is 0 Å². The lowest BCUT2D eigenvalue weighted by atomic mass is 10.1. The molecule has 2 amide bonds. The number of rotatable bonds is 8. The van der Waals surface area contributed by atoms with Crippen LogP contribution in [0.5, 0.6) is 23.0 Å². The van der Waals surface area contributed by atoms with E-state index in [0.29, 0.717) is 34.1 Å². The number of carbonyl (C=O) groups excluding carboxylic acids is 3. The first-order chi connectivity index (χ1) is 17.4. The zero-order valence-corrected chi connectivity index (χ0v) is 20.2. The standard InChI is InChI=1S/C26H25N3O7/c1-16(28-29-25(31)24(30)27-21-15-19(34-3)12-13-23(21)35-4)20-10-5-6-11-22(20)36-26(32)17-8-7-9-18(14-17)33-2/h5-15H,1-4H3,(H,27,30)(H,29,31). The van der Waals surface area contributed by atoms with E-state index in [0.717, 1.165) is 0 Å². The minimum atomic E-state index is -1.01. The van der Waals surface area contributed by atoms with E-state index in [2.05, 4.69) is 15.8 Å². The van der Waals surface area contributed by atoms with Crippen molar-refractivity contribution in [2.45, 2.75) is 6.92 Å². The van der Waals surface area contributed by atoms with E-state index in [1.54, 1.807) is 67.6 Å². The van der Waals surface area contributed by atoms with Crippen molar-refractivity contribution in [2.24, 2.45) is 5.10 Å². The number of carbonyl (C=O) groups is 3. The summed E-state index contributed by atoms with van der Waals surface area (Å²) in [5.74, 6) is -0.996. The Morgan fingerprint density at radius 1 is 0.750 bits per heavy atom. The van der Waals surface area contributed by atoms with Gasteiger partial charge in [0.05, 0.1) is 38.3 Å². The number of anilines is 1. The highest BCUT2D eigenvalue weighted by molar-refractivity contribution is 6.39. The number of methoxy groups -OCH3 is 3. The number of hydrogen-bond donors (Lipinski definition) is 2. The van der Waals surface area contributed by atoms with Gasteiger partial charge in [0.1, 0.15) is 23.0 Å². The first kappa shape index (κ1) is 25.8. The Kier molecular flexibility index (Phi) is 8.60. The number of nitrogens with one attached hydrogen (secondary N) is 2. The second kappa shape index (κ2) is 12.0. The predicted octanol–water partition coefficient (Wildman–Crippen LogP) is 3.41. The van der Waals surface area contributed by atoms with Crippen LogP contribution in [0.15, 0.2) is 71.8 Å². The van der Waals surface area contributed by atoms with Crippen molar-refractivity contribution in [2.75, 3.05) is 26.6 Å². The first-order valence-electron chi connectivity index (χ1n) is 10.7. The summed E-state index contributed by atoms with van der Waals surface area (Å²) in [6.07, 6.45) is 0. The van der Waals surface area contributed by atoms with Gasteiger partial charge >= 0.3 is 17.8 Å². The quantitative estimate of drug-likeness (QED) is 0.163. The molecule has 0 saturated carbocycles. The summed E-state index contributed by atoms with van der Waals surface area (Å²) in [6.45, 7) is 1.60. The molecule has 0 aliphatic rings. The normalized spacial score (nSPS) is 10.7. The molecule has 10 heteroatoms. The van der Waals surface area contributed by atoms with Crippen LogP contribution in [0.2, 0.25) is 0 Å². The molecule has 0 fully saturated rings. The summed E-state index contributed by atoms with van der Waals surface area (Å²) in [5, 5.41) is 6.45. The van der Waals surface area contributed by atoms with Gasteiger partial charge in [-0.15, -0.1) is 0 Å². The van der Waals surface area contributed by atoms with Crippen molar-refractivity contribution in [3.05, 3.63) is 77.9 Å². The van der Waals surface area contributed by atoms with Crippen molar-refractivity contribution in [3.63, 3.8) is 0 Å². The highest BCUT2D eigenvalue weighted by Gasteiger charge is 2.18. The molecule has 2 N–H and O–H groups in total. The van der Waals surface area contributed by atoms with Gasteiger partial charge in [-0.25, -0.2) is 10.2 Å². The Bertz CT molecular complexity index is 1300. The lowest BCUT2D eigenvalue weighted by Gasteiger charge is -2.12. The molecule has 0 unspecified atom stereocenters. The summed E-state index contributed by atoms with van der Waals surface area (Å²) < 4.78 is 21.0. The maximum Gasteiger partial charge on any atom is 0.343 e. The van der Waals surface area contributed by atoms with E-state index in [4.69, 9.17) is 18.9 Å². The molecule has 0 atom stereocenters. The minimum absolute atomic E-state index is 0.228. The van der Waals surface area contributed by atoms with Crippen molar-refractivity contribution in [3.8, 4) is 23.0 Å². The number of nitrogens with zero attached hydrogens (tertiary/aromatic N) is 1. The number of amides is 2. The summed E-state index contributed by atoms with van der Waals surface area (Å²) >= 11 is 0. The minimum Gasteiger partial charge on any atom is -0.497 e. The Morgan fingerprint density at radius 2 is 1.47 bits per heavy atom. The molecule has 0 aliphatic heterocycles. The van der Waals surface area contributed by atoms with Crippen molar-refractivity contribution in [1.82, 2.24) is 5.43 Å². The summed E-state index contributed by atoms with van der Waals surface area (Å²) in [5.41, 5.74) is 3.52. The topological polar surface area (TPSA) is 125 Å². The van der Waals surface area contributed by atoms with E-state index in [-0.39, 0.29) is 11.4 Å². The lowest BCUT2D eigenvalue weighted by molar-refractivity contribution is -0.136. The number of hydrazone groups is 1. The third kappa shape index (κ3) is 6.38. The van der Waals surface area contributed by atoms with E-state index in [9.17, 15) is 14.4 Å². The van der Waals surface area contributed by atoms with Gasteiger partial charge in [0.25, 0.3) is 0 Å². The summed E-state index contributed by atoms with van der Waals surface area (Å²) in [6, 6.07) is 18.0. The van der Waals surface area contributed by atoms with Gasteiger partial charge in [-0.3, -0.25) is 9.59 Å². The number of hydrogen-bond acceptors (Lipinski definition) is 8. The Morgan fingerprint density at radius 3 is 2.19 bits per heavy atom. The highest BCUT2D eigenvalue weighted by Crippen LogP contribution is 2.28. The van der Waals surface area contributed by atoms with Crippen LogP contribution in [0.25, 0.3) is 0 Å². The maximum atomic E-state index is 12.6. The third-order valence-electron chi connectivity index (χ3n) is 4.97. The van der Waals surface area contributed by atoms with Crippen LogP contribution < -0.4 is 29.7 Å². The van der Waals surface area contributed by atoms with Gasteiger partial charge in [-0.2, -0.15) is 5.10 Å². The zero-order valence-electron chi connectivity index (χ0n) is 20.2. The first-order valence-corrected chi connectivity index (χ1v) is 10.7. The Labute approximate surface area is 207 Å². The molecule has 0 radical (unpaired) electrons. The van der Waals surface area contributed by atoms with Gasteiger partial charge in [0, 0.05) is 11.6 Å². The van der Waals surface area contributed by atoms with Crippen LogP contribution in [0, 0.1) is 0 Å². The SMILES string of the molecule is COc1cccc(C(=O)Oc2ccccc2C(C)=NNC(=O)C(=O)Nc2cc(OC)ccc2OC)c1. The maximum absolute atomic E-state index is 12.6. The molecule has 0 aromatic heterocycles. The van der Waals surface area contributed by atoms with Crippen LogP contribution in [0.4, 0.5) is 5.69 Å². The number of para-hydroxylation sites is 1. The number of ether oxygens (including phenoxy) is 4. The van der Waals surface area contributed by atoms with E-state index < -0.39 is 17.8 Å². The van der Waals surface area contributed by atoms with Gasteiger partial charge in [-0.05, 0) is 49.4 Å². The van der Waals surface area contributed by atoms with Crippen LogP contribution in [-0.2, 0) is 9.59 Å². The number of esters is 1. The second-order valence-corrected chi connectivity index (χ2v) is 7.28. The predicted molar refractivity (Wildman–Crippen MR) is 133 cm³/mol. The van der Waals surface area contributed by atoms with Crippen LogP contribution in [-0.4, -0.2) is 44.8 Å². The fourth-order valence-corrected chi connectivity index (χ4v) is 3.10. The molecule has 3 aromatic rings. The fraction of sp³-hybridized carbons (Fsp3) is 0.154. The molecule has 36 heavy (non-hydrogen) atoms. The average molecular weight is 492 g/mol. The monoisotopic (exact) mass is 491 g/mol. The van der Waals surface area contributed by atoms with Gasteiger partial charge in [-0.1, -0.05) is 18.2 Å². The highest BCUT2D eigenvalue weighted by atomic mass is 16.5. The smallest absolute Gasteiger partial charge is 0.343 e. The largest absolute Gasteiger partial charge is 0.497 e. The Hall–Kier alpha value is -4.86. The summed E-state index contributed by atoms with van der Waals surface area (Å²) in [7, 11) is 4.41. The summed E-state index contributed by atoms with van der Waals surface area (Å²) in [4.78, 5) is 37.4. The average Bonchev–Trinajstić information content (AvgIpc) is 2.91. The van der Waals surface area contributed by atoms with Gasteiger partial charge in [0.2, 0.25) is 0 Å². The second-order valence-electron chi connectivity index (χ2n) is 7.28. The molecule has 0 saturated heterocycles. The van der Waals surface area contributed by atoms with Crippen molar-refractivity contribution >= 4 is 29.2 Å². The van der Waals surface area contributed by atoms with E-state index in [1.807, 2.05) is 0 Å². The molecule has 10 nitrogen and oxygen atoms in total. The lowest BCUT2D eigenvalue weighted by Crippen LogP contribution is -2.33. The van der Waals surface area contributed by atoms with Crippen LogP contribution in [0.1, 0.15) is 22.8 Å². The Balaban J connectivity index is 1.71. The molecule has 3 aromatic carbocycles. The third-order valence-corrected chi connectivity index (χ3v) is 4.97. The van der Waals surface area contributed by atoms with Gasteiger partial charge < -0.3 is 24.3 Å². The molecule has 0 bridgehead atoms. The van der Waals surface area contributed by atoms with E-state index >= 15 is 0 Å². The van der Waals surface area contributed by atoms with Crippen molar-refractivity contribution < 1.29 is 33.3 Å². The molecule has 3 rings (SSSR count). The zero-order chi connectivity index (χ0) is 26.1. The molecule has 0 spiro atoms. The molecular formula is C26H25N3O7. The number of benzene rings is 3. The van der Waals surface area contributed by atoms with Crippen molar-refractivity contribution in [1.29, 1.82) is 0 Å². The van der Waals surface area contributed by atoms with Crippen LogP contribution >= 0.6 is 0 Å². The molecule has 0 heterocycles. The van der Waals surface area contributed by atoms with Gasteiger partial charge in [0.15, 0.2) is 0 Å². The van der Waals surface area contributed by atoms with E-state index in [1.165, 1.54) is 27.4 Å².